The number of piperazine rings is 1. The van der Waals surface area contributed by atoms with Crippen molar-refractivity contribution in [3.63, 3.8) is 0 Å². The number of rotatable bonds is 14. The number of hydrogen-bond acceptors (Lipinski definition) is 16. The maximum atomic E-state index is 15.9. The molecule has 2 amide bonds. The molecule has 0 unspecified atom stereocenters. The minimum absolute atomic E-state index is 0.0301. The van der Waals surface area contributed by atoms with Gasteiger partial charge in [0.25, 0.3) is 0 Å². The van der Waals surface area contributed by atoms with E-state index in [1.807, 2.05) is 69.3 Å². The summed E-state index contributed by atoms with van der Waals surface area (Å²) in [6.07, 6.45) is 3.36. The number of β-amino-alcohol motifs (C(OH)–C–C–N with tert-alkyl or cyclic N) is 1. The fraction of sp³-hybridized carbons (Fsp3) is 0.370. The number of fused-ring (bicyclic) bond motifs is 7. The number of methoxy groups -OCH3 is 1. The van der Waals surface area contributed by atoms with Crippen molar-refractivity contribution in [3.05, 3.63) is 106 Å². The third-order valence-corrected chi connectivity index (χ3v) is 16.7. The number of nitrogens with zero attached hydrogens (tertiary/aromatic N) is 9. The van der Waals surface area contributed by atoms with Gasteiger partial charge in [0.1, 0.15) is 48.1 Å². The summed E-state index contributed by atoms with van der Waals surface area (Å²) >= 11 is 9.06. The van der Waals surface area contributed by atoms with E-state index in [1.54, 1.807) is 24.8 Å². The Bertz CT molecular complexity index is 3560. The molecule has 392 valence electrons. The number of aromatic amines is 1. The zero-order valence-corrected chi connectivity index (χ0v) is 43.7. The highest BCUT2D eigenvalue weighted by Crippen LogP contribution is 2.55. The van der Waals surface area contributed by atoms with Gasteiger partial charge in [-0.05, 0) is 54.5 Å². The van der Waals surface area contributed by atoms with Gasteiger partial charge in [-0.1, -0.05) is 79.2 Å². The Labute approximate surface area is 444 Å². The van der Waals surface area contributed by atoms with E-state index in [2.05, 4.69) is 41.0 Å². The molecule has 3 saturated heterocycles. The second-order valence-corrected chi connectivity index (χ2v) is 21.5. The van der Waals surface area contributed by atoms with Crippen LogP contribution in [0.25, 0.3) is 54.6 Å². The molecule has 5 N–H and O–H groups in total. The number of anilines is 1. The number of ether oxygens (including phenoxy) is 3. The number of carbonyl (C=O) groups is 2. The quantitative estimate of drug-likeness (QED) is 0.0748. The van der Waals surface area contributed by atoms with Crippen LogP contribution in [-0.2, 0) is 16.2 Å². The van der Waals surface area contributed by atoms with E-state index >= 15 is 4.39 Å². The topological polar surface area (TPSA) is 231 Å². The lowest BCUT2D eigenvalue weighted by Crippen LogP contribution is -2.53. The first-order valence-corrected chi connectivity index (χ1v) is 26.5. The number of thiazole rings is 1. The summed E-state index contributed by atoms with van der Waals surface area (Å²) in [6.45, 7) is 8.14. The lowest BCUT2D eigenvalue weighted by atomic mass is 9.93. The van der Waals surface area contributed by atoms with Crippen molar-refractivity contribution in [2.24, 2.45) is 5.92 Å². The number of aromatic nitrogens is 8. The summed E-state index contributed by atoms with van der Waals surface area (Å²) in [5, 5.41) is 45.3. The number of amides is 2. The van der Waals surface area contributed by atoms with Gasteiger partial charge >= 0.3 is 6.01 Å². The lowest BCUT2D eigenvalue weighted by molar-refractivity contribution is -0.142. The normalized spacial score (nSPS) is 20.5. The first-order valence-electron chi connectivity index (χ1n) is 25.2. The summed E-state index contributed by atoms with van der Waals surface area (Å²) in [5.74, 6) is -0.331. The summed E-state index contributed by atoms with van der Waals surface area (Å²) in [5.41, 5.74) is 8.42. The van der Waals surface area contributed by atoms with Crippen molar-refractivity contribution in [1.82, 2.24) is 55.7 Å². The molecule has 2 bridgehead atoms. The number of hydrogen-bond donors (Lipinski definition) is 5. The average Bonchev–Trinajstić information content (AvgIpc) is 4.44. The summed E-state index contributed by atoms with van der Waals surface area (Å²) in [7, 11) is 1.51. The molecule has 3 fully saturated rings. The molecule has 12 rings (SSSR count). The molecule has 0 radical (unpaired) electrons. The van der Waals surface area contributed by atoms with Crippen LogP contribution in [0.5, 0.6) is 17.5 Å². The Morgan fingerprint density at radius 2 is 1.86 bits per heavy atom. The van der Waals surface area contributed by atoms with Crippen LogP contribution >= 0.6 is 22.9 Å². The van der Waals surface area contributed by atoms with Crippen molar-refractivity contribution in [2.45, 2.75) is 89.5 Å². The monoisotopic (exact) mass is 1070 g/mol. The standard InChI is InChI=1S/C54H54ClFN12O7S/c1-25(2)47(53(72)66-19-33(70)15-40(66)52(71)60-39(21-69)30-10-12-31(13-11-30)50-27(4)58-24-76-50)67-20-38(64-65-67)29-8-6-28(7-9-29)22-74-49-43(42-26(3)35(56)16-36-34(42)18-59-63-36)45(55)48-44-46(49)61-54(73-5)62-51(44)68-32-14-37(57-17-32)41(68)23-75-48/h6-13,16,18,20,24-25,32-33,37,39-41,47,57,69-70H,14-15,17,19,21-23H2,1-5H3,(H,59,63)(H,60,71)/t32-,33+,37-,39-,40-,41+,47-/m0/s1. The first-order chi connectivity index (χ1) is 36.8. The average molecular weight is 1070 g/mol. The van der Waals surface area contributed by atoms with Crippen molar-refractivity contribution in [2.75, 3.05) is 38.3 Å². The number of nitrogens with one attached hydrogen (secondary N) is 3. The molecule has 4 aliphatic heterocycles. The van der Waals surface area contributed by atoms with Crippen molar-refractivity contribution < 1.29 is 38.4 Å². The van der Waals surface area contributed by atoms with E-state index in [0.717, 1.165) is 34.7 Å². The van der Waals surface area contributed by atoms with Crippen molar-refractivity contribution in [3.8, 4) is 50.3 Å². The molecule has 7 atom stereocenters. The molecule has 0 aliphatic carbocycles. The van der Waals surface area contributed by atoms with Crippen LogP contribution in [-0.4, -0.2) is 131 Å². The van der Waals surface area contributed by atoms with Gasteiger partial charge < -0.3 is 44.9 Å². The van der Waals surface area contributed by atoms with Gasteiger partial charge in [-0.2, -0.15) is 15.1 Å². The van der Waals surface area contributed by atoms with Gasteiger partial charge in [0, 0.05) is 53.7 Å². The maximum Gasteiger partial charge on any atom is 0.318 e. The number of H-pyrrole nitrogens is 1. The number of carbonyl (C=O) groups excluding carboxylic acids is 2. The largest absolute Gasteiger partial charge is 0.489 e. The number of halogens is 2. The van der Waals surface area contributed by atoms with Gasteiger partial charge in [-0.15, -0.1) is 16.4 Å². The predicted molar refractivity (Wildman–Crippen MR) is 283 cm³/mol. The number of aliphatic hydroxyl groups is 2. The van der Waals surface area contributed by atoms with Gasteiger partial charge in [0.2, 0.25) is 11.8 Å². The molecule has 8 heterocycles. The van der Waals surface area contributed by atoms with Crippen LogP contribution < -0.4 is 29.7 Å². The SMILES string of the molecule is COc1nc2c3c(c(Cl)c(-c4c(C)c(F)cc5[nH]ncc45)c(OCc4ccc(-c5cn([C@H](C(=O)N6C[C@H](O)C[C@H]6C(=O)N[C@@H](CO)c6ccc(-c7scnc7C)cc6)C(C)C)nn5)cc4)c3n1)OC[C@@H]1[C@@H]3C[C@@H](CN3)N21. The highest BCUT2D eigenvalue weighted by Gasteiger charge is 2.50. The van der Waals surface area contributed by atoms with Crippen LogP contribution in [0, 0.1) is 25.6 Å². The number of likely N-dealkylation sites (tertiary alicyclic amines) is 1. The van der Waals surface area contributed by atoms with Gasteiger partial charge in [-0.3, -0.25) is 14.7 Å². The Balaban J connectivity index is 0.811. The maximum absolute atomic E-state index is 15.9. The van der Waals surface area contributed by atoms with Gasteiger partial charge in [0.15, 0.2) is 11.5 Å². The zero-order chi connectivity index (χ0) is 52.7. The summed E-state index contributed by atoms with van der Waals surface area (Å²) in [6, 6.07) is 14.3. The second-order valence-electron chi connectivity index (χ2n) is 20.3. The molecular formula is C54H54ClFN12O7S. The van der Waals surface area contributed by atoms with Crippen LogP contribution in [0.4, 0.5) is 10.2 Å². The Kier molecular flexibility index (Phi) is 12.8. The molecule has 76 heavy (non-hydrogen) atoms. The van der Waals surface area contributed by atoms with E-state index in [9.17, 15) is 19.8 Å². The molecule has 4 aliphatic rings. The molecular weight excluding hydrogens is 1020 g/mol. The molecule has 0 saturated carbocycles. The number of aliphatic hydroxyl groups excluding tert-OH is 2. The van der Waals surface area contributed by atoms with Gasteiger partial charge in [0.05, 0.1) is 76.3 Å². The number of aryl methyl sites for hydroxylation is 1. The second kappa shape index (κ2) is 19.7. The molecule has 19 nitrogen and oxygen atoms in total. The fourth-order valence-electron chi connectivity index (χ4n) is 11.5. The van der Waals surface area contributed by atoms with Gasteiger partial charge in [-0.25, -0.2) is 14.1 Å². The van der Waals surface area contributed by atoms with Crippen LogP contribution in [0.1, 0.15) is 61.2 Å². The minimum Gasteiger partial charge on any atom is -0.489 e. The smallest absolute Gasteiger partial charge is 0.318 e. The predicted octanol–water partition coefficient (Wildman–Crippen LogP) is 6.87. The van der Waals surface area contributed by atoms with Crippen molar-refractivity contribution >= 4 is 62.4 Å². The fourth-order valence-corrected chi connectivity index (χ4v) is 12.7. The molecule has 4 aromatic heterocycles. The zero-order valence-electron chi connectivity index (χ0n) is 42.1. The van der Waals surface area contributed by atoms with Crippen LogP contribution in [0.3, 0.4) is 0 Å². The van der Waals surface area contributed by atoms with Crippen molar-refractivity contribution in [1.29, 1.82) is 0 Å². The third kappa shape index (κ3) is 8.44. The third-order valence-electron chi connectivity index (χ3n) is 15.3. The molecule has 0 spiro atoms. The minimum atomic E-state index is -0.988. The molecule has 22 heteroatoms. The van der Waals surface area contributed by atoms with E-state index in [1.165, 1.54) is 34.1 Å². The van der Waals surface area contributed by atoms with E-state index in [0.29, 0.717) is 73.5 Å². The van der Waals surface area contributed by atoms with Crippen LogP contribution in [0.2, 0.25) is 5.02 Å². The summed E-state index contributed by atoms with van der Waals surface area (Å²) < 4.78 is 36.6. The first kappa shape index (κ1) is 49.6. The van der Waals surface area contributed by atoms with E-state index in [-0.39, 0.29) is 67.0 Å². The molecule has 4 aromatic carbocycles. The molecule has 8 aromatic rings. The highest BCUT2D eigenvalue weighted by atomic mass is 35.5. The number of benzene rings is 4. The Morgan fingerprint density at radius 3 is 2.59 bits per heavy atom. The van der Waals surface area contributed by atoms with E-state index < -0.39 is 41.9 Å². The lowest BCUT2D eigenvalue weighted by Gasteiger charge is -2.35. The Morgan fingerprint density at radius 1 is 1.07 bits per heavy atom. The van der Waals surface area contributed by atoms with Crippen LogP contribution in [0.15, 0.2) is 72.5 Å². The Hall–Kier alpha value is -7.30. The van der Waals surface area contributed by atoms with E-state index in [4.69, 9.17) is 35.8 Å². The highest BCUT2D eigenvalue weighted by molar-refractivity contribution is 7.13. The summed E-state index contributed by atoms with van der Waals surface area (Å²) in [4.78, 5) is 47.4.